The zero-order valence-corrected chi connectivity index (χ0v) is 14.2. The van der Waals surface area contributed by atoms with Crippen molar-refractivity contribution in [1.82, 2.24) is 9.88 Å². The van der Waals surface area contributed by atoms with Crippen LogP contribution in [0, 0.1) is 5.92 Å². The third kappa shape index (κ3) is 2.15. The lowest BCUT2D eigenvalue weighted by Crippen LogP contribution is -2.59. The van der Waals surface area contributed by atoms with E-state index in [-0.39, 0.29) is 17.7 Å². The summed E-state index contributed by atoms with van der Waals surface area (Å²) in [6.07, 6.45) is 1.26. The van der Waals surface area contributed by atoms with Crippen molar-refractivity contribution in [1.29, 1.82) is 0 Å². The molecule has 2 unspecified atom stereocenters. The third-order valence-electron chi connectivity index (χ3n) is 5.86. The van der Waals surface area contributed by atoms with Gasteiger partial charge < -0.3 is 14.8 Å². The molecule has 1 fully saturated rings. The van der Waals surface area contributed by atoms with E-state index in [0.29, 0.717) is 31.7 Å². The first kappa shape index (κ1) is 15.8. The van der Waals surface area contributed by atoms with Crippen LogP contribution >= 0.6 is 0 Å². The normalized spacial score (nSPS) is 29.9. The van der Waals surface area contributed by atoms with Crippen LogP contribution in [0.4, 0.5) is 0 Å². The lowest BCUT2D eigenvalue weighted by Gasteiger charge is -2.50. The maximum Gasteiger partial charge on any atom is 0.185 e. The van der Waals surface area contributed by atoms with Crippen LogP contribution in [0.2, 0.25) is 0 Å². The Morgan fingerprint density at radius 3 is 2.96 bits per heavy atom. The van der Waals surface area contributed by atoms with E-state index in [9.17, 15) is 9.90 Å². The number of aromatic nitrogens is 1. The van der Waals surface area contributed by atoms with Gasteiger partial charge in [-0.2, -0.15) is 0 Å². The molecule has 5 heteroatoms. The summed E-state index contributed by atoms with van der Waals surface area (Å²) in [5.74, 6) is -0.264. The standard InChI is InChI=1S/C19H24N2O3/c1-3-19(23)11-21(8-9-24-2)15-10-13(19)18(22)17-16(15)12-6-4-5-7-14(12)20-17/h4-7,13,15,20,23H,3,8-11H2,1-2H3/t13?,15-,19?/m0/s1. The van der Waals surface area contributed by atoms with Gasteiger partial charge in [0.05, 0.1) is 23.8 Å². The van der Waals surface area contributed by atoms with Crippen molar-refractivity contribution < 1.29 is 14.6 Å². The fourth-order valence-corrected chi connectivity index (χ4v) is 4.50. The van der Waals surface area contributed by atoms with Crippen molar-refractivity contribution in [2.45, 2.75) is 31.4 Å². The number of benzene rings is 1. The molecule has 0 saturated carbocycles. The van der Waals surface area contributed by atoms with Gasteiger partial charge in [-0.15, -0.1) is 0 Å². The summed E-state index contributed by atoms with van der Waals surface area (Å²) in [7, 11) is 1.69. The molecule has 1 aliphatic heterocycles. The number of H-pyrrole nitrogens is 1. The molecule has 2 bridgehead atoms. The summed E-state index contributed by atoms with van der Waals surface area (Å²) < 4.78 is 5.26. The van der Waals surface area contributed by atoms with E-state index in [2.05, 4.69) is 16.0 Å². The monoisotopic (exact) mass is 328 g/mol. The highest BCUT2D eigenvalue weighted by molar-refractivity contribution is 6.05. The molecule has 2 N–H and O–H groups in total. The second kappa shape index (κ2) is 5.69. The summed E-state index contributed by atoms with van der Waals surface area (Å²) >= 11 is 0. The highest BCUT2D eigenvalue weighted by atomic mass is 16.5. The number of nitrogens with one attached hydrogen (secondary N) is 1. The van der Waals surface area contributed by atoms with E-state index in [1.165, 1.54) is 0 Å². The Morgan fingerprint density at radius 2 is 2.21 bits per heavy atom. The van der Waals surface area contributed by atoms with Crippen molar-refractivity contribution in [2.24, 2.45) is 5.92 Å². The number of rotatable bonds is 4. The van der Waals surface area contributed by atoms with Crippen molar-refractivity contribution in [3.63, 3.8) is 0 Å². The van der Waals surface area contributed by atoms with Crippen molar-refractivity contribution in [2.75, 3.05) is 26.8 Å². The Hall–Kier alpha value is -1.69. The number of hydrogen-bond acceptors (Lipinski definition) is 4. The first-order valence-corrected chi connectivity index (χ1v) is 8.69. The zero-order valence-electron chi connectivity index (χ0n) is 14.2. The molecule has 1 aromatic heterocycles. The maximum absolute atomic E-state index is 13.1. The van der Waals surface area contributed by atoms with Crippen molar-refractivity contribution in [3.05, 3.63) is 35.5 Å². The van der Waals surface area contributed by atoms with Gasteiger partial charge in [-0.1, -0.05) is 25.1 Å². The molecular formula is C19H24N2O3. The summed E-state index contributed by atoms with van der Waals surface area (Å²) in [5.41, 5.74) is 1.82. The van der Waals surface area contributed by atoms with Gasteiger partial charge in [0.25, 0.3) is 0 Å². The molecule has 4 rings (SSSR count). The number of aliphatic hydroxyl groups is 1. The Labute approximate surface area is 141 Å². The number of ether oxygens (including phenoxy) is 1. The Morgan fingerprint density at radius 1 is 1.42 bits per heavy atom. The van der Waals surface area contributed by atoms with Crippen LogP contribution in [0.5, 0.6) is 0 Å². The second-order valence-corrected chi connectivity index (χ2v) is 7.05. The predicted octanol–water partition coefficient (Wildman–Crippen LogP) is 2.51. The van der Waals surface area contributed by atoms with Gasteiger partial charge in [-0.3, -0.25) is 9.69 Å². The summed E-state index contributed by atoms with van der Waals surface area (Å²) in [5, 5.41) is 12.2. The van der Waals surface area contributed by atoms with E-state index in [1.807, 2.05) is 25.1 Å². The Bertz CT molecular complexity index is 784. The SMILES string of the molecule is CCC1(O)CN(CCOC)[C@H]2CC1C(=O)c1[nH]c3ccccc3c12. The maximum atomic E-state index is 13.1. The van der Waals surface area contributed by atoms with Gasteiger partial charge in [0.2, 0.25) is 0 Å². The number of nitrogens with zero attached hydrogens (tertiary/aromatic N) is 1. The number of hydrogen-bond donors (Lipinski definition) is 2. The van der Waals surface area contributed by atoms with Gasteiger partial charge >= 0.3 is 0 Å². The van der Waals surface area contributed by atoms with Crippen LogP contribution in [-0.4, -0.2) is 53.2 Å². The van der Waals surface area contributed by atoms with Crippen LogP contribution in [-0.2, 0) is 4.74 Å². The van der Waals surface area contributed by atoms with Gasteiger partial charge in [0.1, 0.15) is 0 Å². The average Bonchev–Trinajstić information content (AvgIpc) is 2.99. The van der Waals surface area contributed by atoms with E-state index < -0.39 is 5.60 Å². The number of para-hydroxylation sites is 1. The van der Waals surface area contributed by atoms with Crippen molar-refractivity contribution >= 4 is 16.7 Å². The number of β-amino-alcohol motifs (C(OH)–C–C–N with tert-alkyl or cyclic N) is 1. The minimum atomic E-state index is -0.962. The number of ketones is 1. The quantitative estimate of drug-likeness (QED) is 0.905. The number of piperidine rings is 1. The number of carbonyl (C=O) groups excluding carboxylic acids is 1. The first-order valence-electron chi connectivity index (χ1n) is 8.69. The van der Waals surface area contributed by atoms with Gasteiger partial charge in [0.15, 0.2) is 5.78 Å². The van der Waals surface area contributed by atoms with E-state index >= 15 is 0 Å². The number of fused-ring (bicyclic) bond motifs is 6. The molecule has 5 nitrogen and oxygen atoms in total. The molecular weight excluding hydrogens is 304 g/mol. The third-order valence-corrected chi connectivity index (χ3v) is 5.86. The van der Waals surface area contributed by atoms with Gasteiger partial charge in [-0.05, 0) is 18.9 Å². The van der Waals surface area contributed by atoms with Crippen molar-refractivity contribution in [3.8, 4) is 0 Å². The molecule has 2 heterocycles. The predicted molar refractivity (Wildman–Crippen MR) is 92.2 cm³/mol. The zero-order chi connectivity index (χ0) is 16.9. The van der Waals surface area contributed by atoms with E-state index in [4.69, 9.17) is 4.74 Å². The van der Waals surface area contributed by atoms with Crippen LogP contribution in [0.3, 0.4) is 0 Å². The van der Waals surface area contributed by atoms with Gasteiger partial charge in [-0.25, -0.2) is 0 Å². The van der Waals surface area contributed by atoms with Gasteiger partial charge in [0, 0.05) is 42.7 Å². The summed E-state index contributed by atoms with van der Waals surface area (Å²) in [4.78, 5) is 18.7. The molecule has 0 radical (unpaired) electrons. The first-order chi connectivity index (χ1) is 11.6. The molecule has 0 spiro atoms. The summed E-state index contributed by atoms with van der Waals surface area (Å²) in [6.45, 7) is 3.85. The molecule has 128 valence electrons. The molecule has 1 aromatic carbocycles. The highest BCUT2D eigenvalue weighted by Crippen LogP contribution is 2.49. The minimum Gasteiger partial charge on any atom is -0.388 e. The lowest BCUT2D eigenvalue weighted by atomic mass is 9.68. The largest absolute Gasteiger partial charge is 0.388 e. The smallest absolute Gasteiger partial charge is 0.185 e. The topological polar surface area (TPSA) is 65.6 Å². The number of Topliss-reactive ketones (excluding diaryl/α,β-unsaturated/α-hetero) is 1. The number of aromatic amines is 1. The molecule has 1 aliphatic carbocycles. The number of carbonyl (C=O) groups is 1. The van der Waals surface area contributed by atoms with Crippen LogP contribution in [0.1, 0.15) is 41.9 Å². The molecule has 3 atom stereocenters. The Kier molecular flexibility index (Phi) is 3.75. The molecule has 2 aliphatic rings. The number of likely N-dealkylation sites (tertiary alicyclic amines) is 1. The molecule has 0 amide bonds. The van der Waals surface area contributed by atoms with E-state index in [1.54, 1.807) is 7.11 Å². The fourth-order valence-electron chi connectivity index (χ4n) is 4.50. The van der Waals surface area contributed by atoms with Crippen LogP contribution in [0.15, 0.2) is 24.3 Å². The second-order valence-electron chi connectivity index (χ2n) is 7.05. The molecule has 1 saturated heterocycles. The number of methoxy groups -OCH3 is 1. The summed E-state index contributed by atoms with van der Waals surface area (Å²) in [6, 6.07) is 8.23. The fraction of sp³-hybridized carbons (Fsp3) is 0.526. The lowest BCUT2D eigenvalue weighted by molar-refractivity contribution is -0.0935. The van der Waals surface area contributed by atoms with Crippen LogP contribution < -0.4 is 0 Å². The highest BCUT2D eigenvalue weighted by Gasteiger charge is 2.53. The van der Waals surface area contributed by atoms with Crippen LogP contribution in [0.25, 0.3) is 10.9 Å². The minimum absolute atomic E-state index is 0.0631. The average molecular weight is 328 g/mol. The molecule has 2 aromatic rings. The molecule has 24 heavy (non-hydrogen) atoms. The Balaban J connectivity index is 1.87. The van der Waals surface area contributed by atoms with E-state index in [0.717, 1.165) is 23.0 Å².